The zero-order valence-electron chi connectivity index (χ0n) is 11.7. The number of hydrogen-bond acceptors (Lipinski definition) is 5. The van der Waals surface area contributed by atoms with Gasteiger partial charge in [0, 0.05) is 32.4 Å². The fourth-order valence-corrected chi connectivity index (χ4v) is 2.87. The van der Waals surface area contributed by atoms with Crippen LogP contribution in [0.4, 0.5) is 5.95 Å². The number of anilines is 1. The number of nitrogens with one attached hydrogen (secondary N) is 1. The molecule has 0 aliphatic carbocycles. The van der Waals surface area contributed by atoms with Gasteiger partial charge in [-0.05, 0) is 18.4 Å². The highest BCUT2D eigenvalue weighted by Crippen LogP contribution is 2.26. The minimum absolute atomic E-state index is 0.674. The Labute approximate surface area is 121 Å². The summed E-state index contributed by atoms with van der Waals surface area (Å²) in [7, 11) is 3.82. The minimum atomic E-state index is 0.674. The van der Waals surface area contributed by atoms with Crippen LogP contribution in [-0.2, 0) is 20.6 Å². The Balaban J connectivity index is 1.83. The molecule has 0 fully saturated rings. The summed E-state index contributed by atoms with van der Waals surface area (Å²) >= 11 is 1.70. The molecule has 0 aromatic carbocycles. The Kier molecular flexibility index (Phi) is 3.27. The molecular weight excluding hydrogens is 272 g/mol. The van der Waals surface area contributed by atoms with Crippen LogP contribution in [-0.4, -0.2) is 24.5 Å². The van der Waals surface area contributed by atoms with Crippen LogP contribution in [0.15, 0.2) is 23.7 Å². The SMILES string of the molecule is Cc1nc(NCc2cn(C)nc2-c2cccs2)n(C)n1. The summed E-state index contributed by atoms with van der Waals surface area (Å²) in [6.07, 6.45) is 2.03. The van der Waals surface area contributed by atoms with Crippen LogP contribution in [0.25, 0.3) is 10.6 Å². The van der Waals surface area contributed by atoms with Crippen LogP contribution in [0.1, 0.15) is 11.4 Å². The average molecular weight is 288 g/mol. The third-order valence-electron chi connectivity index (χ3n) is 2.97. The van der Waals surface area contributed by atoms with Crippen molar-refractivity contribution in [2.24, 2.45) is 14.1 Å². The van der Waals surface area contributed by atoms with Crippen molar-refractivity contribution in [2.45, 2.75) is 13.5 Å². The van der Waals surface area contributed by atoms with Crippen molar-refractivity contribution < 1.29 is 0 Å². The molecule has 3 aromatic rings. The molecule has 0 aliphatic rings. The van der Waals surface area contributed by atoms with E-state index in [1.165, 1.54) is 4.88 Å². The van der Waals surface area contributed by atoms with Gasteiger partial charge < -0.3 is 5.32 Å². The molecule has 0 unspecified atom stereocenters. The average Bonchev–Trinajstić information content (AvgIpc) is 3.07. The summed E-state index contributed by atoms with van der Waals surface area (Å²) in [4.78, 5) is 5.52. The molecule has 0 saturated carbocycles. The zero-order valence-corrected chi connectivity index (χ0v) is 12.5. The first-order valence-corrected chi connectivity index (χ1v) is 7.19. The van der Waals surface area contributed by atoms with Crippen molar-refractivity contribution in [1.82, 2.24) is 24.5 Å². The van der Waals surface area contributed by atoms with Crippen molar-refractivity contribution in [3.63, 3.8) is 0 Å². The summed E-state index contributed by atoms with van der Waals surface area (Å²) in [6, 6.07) is 4.13. The standard InChI is InChI=1S/C13H16N6S/c1-9-15-13(19(3)16-9)14-7-10-8-18(2)17-12(10)11-5-4-6-20-11/h4-6,8H,7H2,1-3H3,(H,14,15,16). The van der Waals surface area contributed by atoms with E-state index in [-0.39, 0.29) is 0 Å². The normalized spacial score (nSPS) is 10.9. The van der Waals surface area contributed by atoms with Gasteiger partial charge in [-0.25, -0.2) is 4.68 Å². The van der Waals surface area contributed by atoms with Crippen LogP contribution in [0, 0.1) is 6.92 Å². The van der Waals surface area contributed by atoms with E-state index in [1.807, 2.05) is 38.0 Å². The van der Waals surface area contributed by atoms with Crippen molar-refractivity contribution in [1.29, 1.82) is 0 Å². The third-order valence-corrected chi connectivity index (χ3v) is 3.84. The highest BCUT2D eigenvalue weighted by molar-refractivity contribution is 7.13. The molecule has 3 heterocycles. The highest BCUT2D eigenvalue weighted by atomic mass is 32.1. The first kappa shape index (κ1) is 12.9. The largest absolute Gasteiger partial charge is 0.350 e. The Morgan fingerprint density at radius 1 is 1.30 bits per heavy atom. The van der Waals surface area contributed by atoms with Gasteiger partial charge in [0.15, 0.2) is 0 Å². The van der Waals surface area contributed by atoms with Gasteiger partial charge in [-0.3, -0.25) is 4.68 Å². The second-order valence-electron chi connectivity index (χ2n) is 4.61. The minimum Gasteiger partial charge on any atom is -0.350 e. The second-order valence-corrected chi connectivity index (χ2v) is 5.56. The number of thiophene rings is 1. The lowest BCUT2D eigenvalue weighted by atomic mass is 10.2. The lowest BCUT2D eigenvalue weighted by Gasteiger charge is -2.04. The van der Waals surface area contributed by atoms with E-state index >= 15 is 0 Å². The lowest BCUT2D eigenvalue weighted by molar-refractivity contribution is 0.757. The molecule has 0 radical (unpaired) electrons. The number of nitrogens with zero attached hydrogens (tertiary/aromatic N) is 5. The maximum atomic E-state index is 4.54. The van der Waals surface area contributed by atoms with Crippen LogP contribution < -0.4 is 5.32 Å². The molecule has 0 bridgehead atoms. The molecular formula is C13H16N6S. The van der Waals surface area contributed by atoms with Gasteiger partial charge in [0.2, 0.25) is 5.95 Å². The predicted octanol–water partition coefficient (Wildman–Crippen LogP) is 2.20. The molecule has 7 heteroatoms. The molecule has 0 saturated heterocycles. The van der Waals surface area contributed by atoms with Crippen molar-refractivity contribution in [3.05, 3.63) is 35.1 Å². The van der Waals surface area contributed by atoms with Crippen molar-refractivity contribution >= 4 is 17.3 Å². The van der Waals surface area contributed by atoms with E-state index < -0.39 is 0 Å². The molecule has 6 nitrogen and oxygen atoms in total. The molecule has 0 atom stereocenters. The summed E-state index contributed by atoms with van der Waals surface area (Å²) in [5, 5.41) is 14.1. The van der Waals surface area contributed by atoms with Gasteiger partial charge in [0.1, 0.15) is 11.5 Å². The van der Waals surface area contributed by atoms with Crippen LogP contribution in [0.3, 0.4) is 0 Å². The first-order valence-electron chi connectivity index (χ1n) is 6.31. The van der Waals surface area contributed by atoms with Crippen molar-refractivity contribution in [2.75, 3.05) is 5.32 Å². The predicted molar refractivity (Wildman–Crippen MR) is 79.6 cm³/mol. The van der Waals surface area contributed by atoms with Gasteiger partial charge in [-0.15, -0.1) is 11.3 Å². The zero-order chi connectivity index (χ0) is 14.1. The van der Waals surface area contributed by atoms with Crippen molar-refractivity contribution in [3.8, 4) is 10.6 Å². The first-order chi connectivity index (χ1) is 9.63. The maximum Gasteiger partial charge on any atom is 0.221 e. The second kappa shape index (κ2) is 5.09. The molecule has 0 aliphatic heterocycles. The summed E-state index contributed by atoms with van der Waals surface area (Å²) in [6.45, 7) is 2.55. The van der Waals surface area contributed by atoms with Crippen LogP contribution in [0.5, 0.6) is 0 Å². The highest BCUT2D eigenvalue weighted by Gasteiger charge is 2.12. The Hall–Kier alpha value is -2.15. The number of hydrogen-bond donors (Lipinski definition) is 1. The molecule has 0 spiro atoms. The van der Waals surface area contributed by atoms with Gasteiger partial charge >= 0.3 is 0 Å². The Morgan fingerprint density at radius 3 is 2.80 bits per heavy atom. The number of aryl methyl sites for hydroxylation is 3. The van der Waals surface area contributed by atoms with Gasteiger partial charge in [0.05, 0.1) is 4.88 Å². The lowest BCUT2D eigenvalue weighted by Crippen LogP contribution is -2.05. The number of rotatable bonds is 4. The van der Waals surface area contributed by atoms with Crippen LogP contribution in [0.2, 0.25) is 0 Å². The van der Waals surface area contributed by atoms with E-state index in [2.05, 4.69) is 31.9 Å². The summed E-state index contributed by atoms with van der Waals surface area (Å²) < 4.78 is 3.59. The fraction of sp³-hybridized carbons (Fsp3) is 0.308. The topological polar surface area (TPSA) is 60.6 Å². The summed E-state index contributed by atoms with van der Waals surface area (Å²) in [5.41, 5.74) is 2.17. The van der Waals surface area contributed by atoms with E-state index in [0.29, 0.717) is 6.54 Å². The molecule has 3 rings (SSSR count). The van der Waals surface area contributed by atoms with Gasteiger partial charge in [-0.1, -0.05) is 6.07 Å². The Bertz CT molecular complexity index is 709. The maximum absolute atomic E-state index is 4.54. The third kappa shape index (κ3) is 2.44. The van der Waals surface area contributed by atoms with E-state index in [4.69, 9.17) is 0 Å². The molecule has 1 N–H and O–H groups in total. The van der Waals surface area contributed by atoms with Gasteiger partial charge in [-0.2, -0.15) is 15.2 Å². The van der Waals surface area contributed by atoms with E-state index in [0.717, 1.165) is 23.0 Å². The van der Waals surface area contributed by atoms with E-state index in [1.54, 1.807) is 16.0 Å². The summed E-state index contributed by atoms with van der Waals surface area (Å²) in [5.74, 6) is 1.53. The fourth-order valence-electron chi connectivity index (χ4n) is 2.13. The Morgan fingerprint density at radius 2 is 2.15 bits per heavy atom. The molecule has 3 aromatic heterocycles. The smallest absolute Gasteiger partial charge is 0.221 e. The van der Waals surface area contributed by atoms with E-state index in [9.17, 15) is 0 Å². The quantitative estimate of drug-likeness (QED) is 0.799. The number of aromatic nitrogens is 5. The monoisotopic (exact) mass is 288 g/mol. The molecule has 0 amide bonds. The van der Waals surface area contributed by atoms with Crippen LogP contribution >= 0.6 is 11.3 Å². The molecule has 20 heavy (non-hydrogen) atoms. The molecule has 104 valence electrons. The van der Waals surface area contributed by atoms with Gasteiger partial charge in [0.25, 0.3) is 0 Å².